The van der Waals surface area contributed by atoms with E-state index in [1.54, 1.807) is 17.4 Å². The third-order valence-electron chi connectivity index (χ3n) is 4.51. The van der Waals surface area contributed by atoms with Crippen LogP contribution in [0.5, 0.6) is 11.5 Å². The number of fused-ring (bicyclic) bond motifs is 1. The number of nitrogens with zero attached hydrogens (tertiary/aromatic N) is 2. The minimum Gasteiger partial charge on any atom is -0.504 e. The van der Waals surface area contributed by atoms with Crippen molar-refractivity contribution in [3.8, 4) is 21.9 Å². The van der Waals surface area contributed by atoms with Gasteiger partial charge >= 0.3 is 0 Å². The van der Waals surface area contributed by atoms with Gasteiger partial charge in [0.15, 0.2) is 11.5 Å². The minimum atomic E-state index is -0.0803. The van der Waals surface area contributed by atoms with Crippen molar-refractivity contribution in [1.29, 1.82) is 0 Å². The molecule has 1 atom stereocenters. The maximum atomic E-state index is 12.8. The van der Waals surface area contributed by atoms with Gasteiger partial charge in [-0.3, -0.25) is 4.79 Å². The summed E-state index contributed by atoms with van der Waals surface area (Å²) in [6.45, 7) is 6.10. The van der Waals surface area contributed by atoms with Crippen molar-refractivity contribution >= 4 is 17.2 Å². The van der Waals surface area contributed by atoms with Gasteiger partial charge in [-0.2, -0.15) is 0 Å². The Kier molecular flexibility index (Phi) is 5.53. The number of rotatable bonds is 4. The molecule has 0 spiro atoms. The zero-order valence-corrected chi connectivity index (χ0v) is 16.6. The highest BCUT2D eigenvalue weighted by atomic mass is 32.1. The number of phenols is 1. The molecular weight excluding hydrogens is 348 g/mol. The Labute approximate surface area is 158 Å². The van der Waals surface area contributed by atoms with Crippen molar-refractivity contribution in [3.05, 3.63) is 34.7 Å². The Bertz CT molecular complexity index is 800. The Balaban J connectivity index is 1.88. The SMILES string of the molecule is Cc1ccc(-c2cc(O)c3c(c2)CN(C(=O)[C@@H](C)CN(C)C)CCO3)s1. The molecule has 0 radical (unpaired) electrons. The Morgan fingerprint density at radius 2 is 2.15 bits per heavy atom. The van der Waals surface area contributed by atoms with Gasteiger partial charge in [0.1, 0.15) is 6.61 Å². The van der Waals surface area contributed by atoms with E-state index in [2.05, 4.69) is 19.1 Å². The first-order valence-corrected chi connectivity index (χ1v) is 9.66. The number of thiophene rings is 1. The summed E-state index contributed by atoms with van der Waals surface area (Å²) in [6.07, 6.45) is 0. The van der Waals surface area contributed by atoms with Gasteiger partial charge in [0.2, 0.25) is 5.91 Å². The second kappa shape index (κ2) is 7.68. The number of ether oxygens (including phenoxy) is 1. The molecule has 26 heavy (non-hydrogen) atoms. The van der Waals surface area contributed by atoms with Gasteiger partial charge in [-0.15, -0.1) is 11.3 Å². The normalized spacial score (nSPS) is 15.3. The lowest BCUT2D eigenvalue weighted by molar-refractivity contribution is -0.136. The molecule has 1 aromatic carbocycles. The smallest absolute Gasteiger partial charge is 0.227 e. The molecule has 1 aliphatic heterocycles. The molecule has 1 aromatic heterocycles. The average molecular weight is 375 g/mol. The van der Waals surface area contributed by atoms with E-state index in [-0.39, 0.29) is 17.6 Å². The summed E-state index contributed by atoms with van der Waals surface area (Å²) < 4.78 is 5.77. The standard InChI is InChI=1S/C20H26N2O3S/c1-13(11-21(3)4)20(24)22-7-8-25-19-16(12-22)9-15(10-17(19)23)18-6-5-14(2)26-18/h5-6,9-10,13,23H,7-8,11-12H2,1-4H3/t13-/m0/s1. The molecule has 0 fully saturated rings. The summed E-state index contributed by atoms with van der Waals surface area (Å²) in [5.41, 5.74) is 1.81. The summed E-state index contributed by atoms with van der Waals surface area (Å²) in [5.74, 6) is 0.673. The van der Waals surface area contributed by atoms with Crippen LogP contribution in [0.3, 0.4) is 0 Å². The third kappa shape index (κ3) is 4.02. The van der Waals surface area contributed by atoms with Gasteiger partial charge in [-0.1, -0.05) is 6.92 Å². The first kappa shape index (κ1) is 18.7. The van der Waals surface area contributed by atoms with Crippen molar-refractivity contribution in [1.82, 2.24) is 9.80 Å². The molecule has 140 valence electrons. The second-order valence-electron chi connectivity index (χ2n) is 7.17. The van der Waals surface area contributed by atoms with Crippen molar-refractivity contribution in [2.24, 2.45) is 5.92 Å². The van der Waals surface area contributed by atoms with Crippen LogP contribution in [0, 0.1) is 12.8 Å². The van der Waals surface area contributed by atoms with Crippen molar-refractivity contribution in [2.45, 2.75) is 20.4 Å². The molecule has 0 bridgehead atoms. The molecule has 1 amide bonds. The zero-order chi connectivity index (χ0) is 18.8. The predicted octanol–water partition coefficient (Wildman–Crippen LogP) is 3.35. The van der Waals surface area contributed by atoms with E-state index in [0.717, 1.165) is 16.0 Å². The summed E-state index contributed by atoms with van der Waals surface area (Å²) in [6, 6.07) is 7.90. The molecule has 0 saturated carbocycles. The molecule has 2 heterocycles. The van der Waals surface area contributed by atoms with Gasteiger partial charge in [0.05, 0.1) is 6.54 Å². The van der Waals surface area contributed by atoms with Crippen LogP contribution in [0.15, 0.2) is 24.3 Å². The fourth-order valence-corrected chi connectivity index (χ4v) is 4.21. The van der Waals surface area contributed by atoms with E-state index < -0.39 is 0 Å². The number of carbonyl (C=O) groups is 1. The summed E-state index contributed by atoms with van der Waals surface area (Å²) in [4.78, 5) is 19.0. The highest BCUT2D eigenvalue weighted by Crippen LogP contribution is 2.39. The Hall–Kier alpha value is -2.05. The van der Waals surface area contributed by atoms with E-state index in [9.17, 15) is 9.90 Å². The number of benzene rings is 1. The number of hydrogen-bond donors (Lipinski definition) is 1. The van der Waals surface area contributed by atoms with Crippen LogP contribution in [0.1, 0.15) is 17.4 Å². The predicted molar refractivity (Wildman–Crippen MR) is 105 cm³/mol. The number of aromatic hydroxyl groups is 1. The van der Waals surface area contributed by atoms with Gasteiger partial charge in [0, 0.05) is 34.3 Å². The van der Waals surface area contributed by atoms with Crippen LogP contribution in [0.25, 0.3) is 10.4 Å². The van der Waals surface area contributed by atoms with E-state index in [1.165, 1.54) is 4.88 Å². The number of amides is 1. The summed E-state index contributed by atoms with van der Waals surface area (Å²) in [5, 5.41) is 10.5. The van der Waals surface area contributed by atoms with E-state index >= 15 is 0 Å². The van der Waals surface area contributed by atoms with Crippen LogP contribution in [0.2, 0.25) is 0 Å². The largest absolute Gasteiger partial charge is 0.504 e. The Morgan fingerprint density at radius 1 is 1.38 bits per heavy atom. The van der Waals surface area contributed by atoms with E-state index in [4.69, 9.17) is 4.74 Å². The molecule has 1 N–H and O–H groups in total. The molecule has 3 rings (SSSR count). The fraction of sp³-hybridized carbons (Fsp3) is 0.450. The maximum absolute atomic E-state index is 12.8. The third-order valence-corrected chi connectivity index (χ3v) is 5.56. The first-order chi connectivity index (χ1) is 12.3. The number of hydrogen-bond acceptors (Lipinski definition) is 5. The van der Waals surface area contributed by atoms with Crippen molar-refractivity contribution in [2.75, 3.05) is 33.8 Å². The van der Waals surface area contributed by atoms with Crippen LogP contribution >= 0.6 is 11.3 Å². The monoisotopic (exact) mass is 374 g/mol. The molecule has 5 nitrogen and oxygen atoms in total. The highest BCUT2D eigenvalue weighted by molar-refractivity contribution is 7.15. The van der Waals surface area contributed by atoms with Gasteiger partial charge in [-0.05, 0) is 50.8 Å². The van der Waals surface area contributed by atoms with Gasteiger partial charge < -0.3 is 19.6 Å². The van der Waals surface area contributed by atoms with Crippen molar-refractivity contribution < 1.29 is 14.6 Å². The second-order valence-corrected chi connectivity index (χ2v) is 8.45. The number of aryl methyl sites for hydroxylation is 1. The zero-order valence-electron chi connectivity index (χ0n) is 15.8. The van der Waals surface area contributed by atoms with Crippen molar-refractivity contribution in [3.63, 3.8) is 0 Å². The maximum Gasteiger partial charge on any atom is 0.227 e. The molecule has 1 aliphatic rings. The van der Waals surface area contributed by atoms with Crippen LogP contribution in [-0.2, 0) is 11.3 Å². The molecule has 0 aliphatic carbocycles. The molecule has 6 heteroatoms. The van der Waals surface area contributed by atoms with Gasteiger partial charge in [0.25, 0.3) is 0 Å². The fourth-order valence-electron chi connectivity index (χ4n) is 3.36. The lowest BCUT2D eigenvalue weighted by Gasteiger charge is -2.25. The van der Waals surface area contributed by atoms with Crippen LogP contribution < -0.4 is 4.74 Å². The van der Waals surface area contributed by atoms with Gasteiger partial charge in [-0.25, -0.2) is 0 Å². The van der Waals surface area contributed by atoms with E-state index in [1.807, 2.05) is 36.9 Å². The van der Waals surface area contributed by atoms with Crippen LogP contribution in [0.4, 0.5) is 0 Å². The molecule has 2 aromatic rings. The van der Waals surface area contributed by atoms with Crippen LogP contribution in [-0.4, -0.2) is 54.6 Å². The van der Waals surface area contributed by atoms with E-state index in [0.29, 0.717) is 32.0 Å². The number of phenolic OH excluding ortho intramolecular Hbond substituents is 1. The molecule has 0 saturated heterocycles. The lowest BCUT2D eigenvalue weighted by atomic mass is 10.1. The average Bonchev–Trinajstić information content (AvgIpc) is 2.88. The summed E-state index contributed by atoms with van der Waals surface area (Å²) >= 11 is 1.69. The first-order valence-electron chi connectivity index (χ1n) is 8.84. The Morgan fingerprint density at radius 3 is 2.81 bits per heavy atom. The minimum absolute atomic E-state index is 0.0803. The number of carbonyl (C=O) groups excluding carboxylic acids is 1. The molecular formula is C20H26N2O3S. The quantitative estimate of drug-likeness (QED) is 0.892. The topological polar surface area (TPSA) is 53.0 Å². The molecule has 0 unspecified atom stereocenters. The highest BCUT2D eigenvalue weighted by Gasteiger charge is 2.26. The lowest BCUT2D eigenvalue weighted by Crippen LogP contribution is -2.39. The summed E-state index contributed by atoms with van der Waals surface area (Å²) in [7, 11) is 3.94.